The summed E-state index contributed by atoms with van der Waals surface area (Å²) in [5.41, 5.74) is 0. The minimum atomic E-state index is -3.97. The van der Waals surface area contributed by atoms with Gasteiger partial charge in [0.15, 0.2) is 0 Å². The normalized spacial score (nSPS) is 11.9. The van der Waals surface area contributed by atoms with Gasteiger partial charge in [0, 0.05) is 0 Å². The summed E-state index contributed by atoms with van der Waals surface area (Å²) in [6, 6.07) is 0. The number of hydrogen-bond donors (Lipinski definition) is 0. The van der Waals surface area contributed by atoms with Crippen molar-refractivity contribution in [2.24, 2.45) is 0 Å². The molecule has 0 fully saturated rings. The maximum absolute atomic E-state index is 12.2. The Kier molecular flexibility index (Phi) is 11.5. The Hall–Kier alpha value is 0.238. The summed E-state index contributed by atoms with van der Waals surface area (Å²) in [6.07, 6.45) is 5.71. The molecule has 4 nitrogen and oxygen atoms in total. The molecule has 0 spiro atoms. The third kappa shape index (κ3) is 9.90. The molecule has 0 N–H and O–H groups in total. The molecule has 0 radical (unpaired) electrons. The van der Waals surface area contributed by atoms with Crippen molar-refractivity contribution >= 4 is 14.5 Å². The van der Waals surface area contributed by atoms with Gasteiger partial charge in [0.1, 0.15) is 0 Å². The molecule has 5 heteroatoms. The fourth-order valence-corrected chi connectivity index (χ4v) is 3.76. The molecule has 0 amide bonds. The summed E-state index contributed by atoms with van der Waals surface area (Å²) >= 11 is -3.97. The van der Waals surface area contributed by atoms with Gasteiger partial charge < -0.3 is 0 Å². The van der Waals surface area contributed by atoms with Crippen LogP contribution in [-0.2, 0) is 14.9 Å². The molecule has 0 unspecified atom stereocenters. The Morgan fingerprint density at radius 1 is 0.706 bits per heavy atom. The van der Waals surface area contributed by atoms with Crippen LogP contribution in [0.1, 0.15) is 59.3 Å². The van der Waals surface area contributed by atoms with Gasteiger partial charge in [-0.15, -0.1) is 0 Å². The minimum absolute atomic E-state index is 0.464. The molecule has 0 aliphatic carbocycles. The molecule has 0 aromatic carbocycles. The summed E-state index contributed by atoms with van der Waals surface area (Å²) < 4.78 is 28.2. The molecule has 104 valence electrons. The fraction of sp³-hybridized carbons (Fsp3) is 1.00. The van der Waals surface area contributed by atoms with Gasteiger partial charge in [-0.25, -0.2) is 0 Å². The molecule has 0 aromatic rings. The van der Waals surface area contributed by atoms with Crippen molar-refractivity contribution in [1.29, 1.82) is 0 Å². The molecule has 0 aliphatic heterocycles. The Balaban J connectivity index is 4.00. The van der Waals surface area contributed by atoms with E-state index in [1.807, 2.05) is 0 Å². The van der Waals surface area contributed by atoms with E-state index in [1.165, 1.54) is 0 Å². The van der Waals surface area contributed by atoms with Gasteiger partial charge in [-0.2, -0.15) is 0 Å². The zero-order valence-electron chi connectivity index (χ0n) is 11.4. The first kappa shape index (κ1) is 17.2. The monoisotopic (exact) mass is 310 g/mol. The molecule has 17 heavy (non-hydrogen) atoms. The van der Waals surface area contributed by atoms with Crippen molar-refractivity contribution in [2.45, 2.75) is 59.3 Å². The predicted octanol–water partition coefficient (Wildman–Crippen LogP) is 3.30. The Labute approximate surface area is 109 Å². The van der Waals surface area contributed by atoms with E-state index in [4.69, 9.17) is 11.2 Å². The summed E-state index contributed by atoms with van der Waals surface area (Å²) in [5.74, 6) is 0. The van der Waals surface area contributed by atoms with Gasteiger partial charge in [0.05, 0.1) is 0 Å². The average molecular weight is 310 g/mol. The van der Waals surface area contributed by atoms with E-state index in [9.17, 15) is 3.74 Å². The molecule has 0 atom stereocenters. The third-order valence-electron chi connectivity index (χ3n) is 2.24. The number of rotatable bonds is 12. The molecular formula is C12H27AsO4. The van der Waals surface area contributed by atoms with Crippen LogP contribution in [0, 0.1) is 0 Å². The first-order valence-corrected chi connectivity index (χ1v) is 9.78. The first-order chi connectivity index (χ1) is 8.18. The van der Waals surface area contributed by atoms with Crippen LogP contribution in [0.3, 0.4) is 0 Å². The average Bonchev–Trinajstić information content (AvgIpc) is 2.30. The topological polar surface area (TPSA) is 44.8 Å². The van der Waals surface area contributed by atoms with E-state index in [2.05, 4.69) is 20.8 Å². The Bertz CT molecular complexity index is 175. The van der Waals surface area contributed by atoms with Gasteiger partial charge in [-0.05, 0) is 0 Å². The molecule has 0 aromatic heterocycles. The number of unbranched alkanes of at least 4 members (excludes halogenated alkanes) is 3. The Morgan fingerprint density at radius 3 is 1.24 bits per heavy atom. The quantitative estimate of drug-likeness (QED) is 0.410. The van der Waals surface area contributed by atoms with Gasteiger partial charge in [0.2, 0.25) is 0 Å². The predicted molar refractivity (Wildman–Crippen MR) is 69.0 cm³/mol. The SMILES string of the molecule is CCCCO[As](=O)(OCCCC)OCCCC. The first-order valence-electron chi connectivity index (χ1n) is 6.72. The Morgan fingerprint density at radius 2 is 1.00 bits per heavy atom. The molecule has 0 saturated carbocycles. The van der Waals surface area contributed by atoms with E-state index < -0.39 is 14.5 Å². The van der Waals surface area contributed by atoms with Crippen LogP contribution >= 0.6 is 0 Å². The summed E-state index contributed by atoms with van der Waals surface area (Å²) in [5, 5.41) is 0. The van der Waals surface area contributed by atoms with E-state index in [0.717, 1.165) is 38.5 Å². The van der Waals surface area contributed by atoms with Gasteiger partial charge in [-0.3, -0.25) is 0 Å². The summed E-state index contributed by atoms with van der Waals surface area (Å²) in [4.78, 5) is 0. The van der Waals surface area contributed by atoms with Crippen LogP contribution in [0.15, 0.2) is 0 Å². The van der Waals surface area contributed by atoms with Crippen LogP contribution in [-0.4, -0.2) is 34.3 Å². The second-order valence-corrected chi connectivity index (χ2v) is 7.51. The molecule has 0 aliphatic rings. The van der Waals surface area contributed by atoms with Crippen LogP contribution in [0.2, 0.25) is 0 Å². The maximum atomic E-state index is 12.2. The van der Waals surface area contributed by atoms with Crippen LogP contribution < -0.4 is 0 Å². The van der Waals surface area contributed by atoms with E-state index in [0.29, 0.717) is 19.8 Å². The number of hydrogen-bond acceptors (Lipinski definition) is 4. The molecule has 0 saturated heterocycles. The van der Waals surface area contributed by atoms with E-state index >= 15 is 0 Å². The van der Waals surface area contributed by atoms with Crippen LogP contribution in [0.25, 0.3) is 0 Å². The second kappa shape index (κ2) is 11.3. The molecule has 0 bridgehead atoms. The molecule has 0 rings (SSSR count). The van der Waals surface area contributed by atoms with Crippen molar-refractivity contribution in [3.05, 3.63) is 0 Å². The second-order valence-electron chi connectivity index (χ2n) is 4.01. The van der Waals surface area contributed by atoms with Gasteiger partial charge >= 0.3 is 109 Å². The van der Waals surface area contributed by atoms with E-state index in [1.54, 1.807) is 0 Å². The molecular weight excluding hydrogens is 283 g/mol. The fourth-order valence-electron chi connectivity index (χ4n) is 1.07. The molecule has 0 heterocycles. The zero-order chi connectivity index (χ0) is 13.0. The van der Waals surface area contributed by atoms with Crippen LogP contribution in [0.4, 0.5) is 0 Å². The van der Waals surface area contributed by atoms with Crippen molar-refractivity contribution in [2.75, 3.05) is 19.8 Å². The van der Waals surface area contributed by atoms with Crippen LogP contribution in [0.5, 0.6) is 0 Å². The van der Waals surface area contributed by atoms with Crippen molar-refractivity contribution in [1.82, 2.24) is 0 Å². The van der Waals surface area contributed by atoms with Crippen molar-refractivity contribution in [3.8, 4) is 0 Å². The van der Waals surface area contributed by atoms with Crippen molar-refractivity contribution in [3.63, 3.8) is 0 Å². The van der Waals surface area contributed by atoms with E-state index in [-0.39, 0.29) is 0 Å². The van der Waals surface area contributed by atoms with Gasteiger partial charge in [-0.1, -0.05) is 0 Å². The van der Waals surface area contributed by atoms with Crippen molar-refractivity contribution < 1.29 is 14.9 Å². The zero-order valence-corrected chi connectivity index (χ0v) is 13.3. The summed E-state index contributed by atoms with van der Waals surface area (Å²) in [7, 11) is 0. The van der Waals surface area contributed by atoms with Gasteiger partial charge in [0.25, 0.3) is 0 Å². The standard InChI is InChI=1S/C12H27AsO4/c1-4-7-10-15-13(14,16-11-8-5-2)17-12-9-6-3/h4-12H2,1-3H3. The summed E-state index contributed by atoms with van der Waals surface area (Å²) in [6.45, 7) is 7.59. The third-order valence-corrected chi connectivity index (χ3v) is 5.38.